The van der Waals surface area contributed by atoms with Gasteiger partial charge in [0.05, 0.1) is 6.42 Å². The molecule has 0 saturated carbocycles. The SMILES string of the molecule is CCCN(CCC)c1ccc(NC(=O)Cc2ccc(Cl)cc2)nn1. The molecule has 0 bridgehead atoms. The fourth-order valence-electron chi connectivity index (χ4n) is 2.42. The molecule has 0 atom stereocenters. The minimum Gasteiger partial charge on any atom is -0.355 e. The van der Waals surface area contributed by atoms with Gasteiger partial charge in [0.15, 0.2) is 11.6 Å². The summed E-state index contributed by atoms with van der Waals surface area (Å²) in [4.78, 5) is 14.3. The van der Waals surface area contributed by atoms with Crippen LogP contribution in [0.15, 0.2) is 36.4 Å². The summed E-state index contributed by atoms with van der Waals surface area (Å²) in [6.45, 7) is 6.18. The minimum atomic E-state index is -0.127. The third-order valence-corrected chi connectivity index (χ3v) is 3.76. The molecule has 0 aliphatic heterocycles. The molecule has 0 unspecified atom stereocenters. The van der Waals surface area contributed by atoms with E-state index in [1.807, 2.05) is 18.2 Å². The molecule has 0 aliphatic rings. The van der Waals surface area contributed by atoms with Gasteiger partial charge in [-0.3, -0.25) is 4.79 Å². The monoisotopic (exact) mass is 346 g/mol. The van der Waals surface area contributed by atoms with Gasteiger partial charge in [0, 0.05) is 18.1 Å². The van der Waals surface area contributed by atoms with Crippen molar-refractivity contribution in [2.24, 2.45) is 0 Å². The topological polar surface area (TPSA) is 58.1 Å². The van der Waals surface area contributed by atoms with E-state index in [2.05, 4.69) is 34.3 Å². The summed E-state index contributed by atoms with van der Waals surface area (Å²) in [6, 6.07) is 10.9. The maximum atomic E-state index is 12.1. The first kappa shape index (κ1) is 18.2. The fraction of sp³-hybridized carbons (Fsp3) is 0.389. The summed E-state index contributed by atoms with van der Waals surface area (Å²) >= 11 is 5.84. The van der Waals surface area contributed by atoms with Gasteiger partial charge in [-0.15, -0.1) is 10.2 Å². The van der Waals surface area contributed by atoms with Crippen molar-refractivity contribution in [2.75, 3.05) is 23.3 Å². The Morgan fingerprint density at radius 1 is 1.04 bits per heavy atom. The molecule has 2 aromatic rings. The van der Waals surface area contributed by atoms with E-state index in [1.54, 1.807) is 18.2 Å². The Balaban J connectivity index is 1.95. The molecule has 1 heterocycles. The minimum absolute atomic E-state index is 0.127. The first-order valence-electron chi connectivity index (χ1n) is 8.25. The van der Waals surface area contributed by atoms with E-state index in [-0.39, 0.29) is 12.3 Å². The van der Waals surface area contributed by atoms with Crippen molar-refractivity contribution < 1.29 is 4.79 Å². The molecule has 128 valence electrons. The number of amides is 1. The number of anilines is 2. The number of nitrogens with one attached hydrogen (secondary N) is 1. The average molecular weight is 347 g/mol. The standard InChI is InChI=1S/C18H23ClN4O/c1-3-11-23(12-4-2)17-10-9-16(21-22-17)20-18(24)13-14-5-7-15(19)8-6-14/h5-10H,3-4,11-13H2,1-2H3,(H,20,21,24). The van der Waals surface area contributed by atoms with Gasteiger partial charge < -0.3 is 10.2 Å². The third-order valence-electron chi connectivity index (χ3n) is 3.51. The molecule has 1 aromatic heterocycles. The molecule has 1 N–H and O–H groups in total. The third kappa shape index (κ3) is 5.49. The lowest BCUT2D eigenvalue weighted by molar-refractivity contribution is -0.115. The zero-order chi connectivity index (χ0) is 17.4. The summed E-state index contributed by atoms with van der Waals surface area (Å²) in [5.41, 5.74) is 0.901. The van der Waals surface area contributed by atoms with Crippen LogP contribution >= 0.6 is 11.6 Å². The van der Waals surface area contributed by atoms with Crippen molar-refractivity contribution in [1.29, 1.82) is 0 Å². The number of carbonyl (C=O) groups is 1. The van der Waals surface area contributed by atoms with Crippen LogP contribution in [0.3, 0.4) is 0 Å². The molecular weight excluding hydrogens is 324 g/mol. The Labute approximate surface area is 148 Å². The van der Waals surface area contributed by atoms with E-state index in [0.717, 1.165) is 37.3 Å². The van der Waals surface area contributed by atoms with Crippen LogP contribution in [0.4, 0.5) is 11.6 Å². The lowest BCUT2D eigenvalue weighted by Gasteiger charge is -2.21. The van der Waals surface area contributed by atoms with Crippen LogP contribution in [0, 0.1) is 0 Å². The molecule has 1 amide bonds. The Morgan fingerprint density at radius 3 is 2.25 bits per heavy atom. The summed E-state index contributed by atoms with van der Waals surface area (Å²) in [5.74, 6) is 1.18. The van der Waals surface area contributed by atoms with Crippen molar-refractivity contribution in [1.82, 2.24) is 10.2 Å². The van der Waals surface area contributed by atoms with Crippen molar-refractivity contribution in [3.63, 3.8) is 0 Å². The van der Waals surface area contributed by atoms with Gasteiger partial charge in [-0.2, -0.15) is 0 Å². The maximum Gasteiger partial charge on any atom is 0.229 e. The molecular formula is C18H23ClN4O. The second-order valence-corrected chi connectivity index (χ2v) is 6.05. The van der Waals surface area contributed by atoms with Crippen LogP contribution in [0.5, 0.6) is 0 Å². The number of carbonyl (C=O) groups excluding carboxylic acids is 1. The predicted molar refractivity (Wildman–Crippen MR) is 98.6 cm³/mol. The molecule has 24 heavy (non-hydrogen) atoms. The summed E-state index contributed by atoms with van der Waals surface area (Å²) in [6.07, 6.45) is 2.39. The average Bonchev–Trinajstić information content (AvgIpc) is 2.57. The fourth-order valence-corrected chi connectivity index (χ4v) is 2.54. The van der Waals surface area contributed by atoms with Crippen LogP contribution in [-0.2, 0) is 11.2 Å². The van der Waals surface area contributed by atoms with Gasteiger partial charge in [-0.25, -0.2) is 0 Å². The van der Waals surface area contributed by atoms with Crippen LogP contribution in [0.2, 0.25) is 5.02 Å². The second-order valence-electron chi connectivity index (χ2n) is 5.62. The molecule has 1 aromatic carbocycles. The molecule has 5 nitrogen and oxygen atoms in total. The highest BCUT2D eigenvalue weighted by Crippen LogP contribution is 2.14. The largest absolute Gasteiger partial charge is 0.355 e. The molecule has 0 spiro atoms. The Hall–Kier alpha value is -2.14. The zero-order valence-corrected chi connectivity index (χ0v) is 14.9. The van der Waals surface area contributed by atoms with Crippen LogP contribution < -0.4 is 10.2 Å². The van der Waals surface area contributed by atoms with E-state index in [0.29, 0.717) is 10.8 Å². The molecule has 6 heteroatoms. The highest BCUT2D eigenvalue weighted by Gasteiger charge is 2.09. The quantitative estimate of drug-likeness (QED) is 0.786. The zero-order valence-electron chi connectivity index (χ0n) is 14.1. The summed E-state index contributed by atoms with van der Waals surface area (Å²) in [5, 5.41) is 11.8. The van der Waals surface area contributed by atoms with Crippen LogP contribution in [0.1, 0.15) is 32.3 Å². The molecule has 0 fully saturated rings. The van der Waals surface area contributed by atoms with E-state index in [4.69, 9.17) is 11.6 Å². The van der Waals surface area contributed by atoms with Crippen molar-refractivity contribution >= 4 is 29.1 Å². The normalized spacial score (nSPS) is 10.5. The summed E-state index contributed by atoms with van der Waals surface area (Å²) < 4.78 is 0. The van der Waals surface area contributed by atoms with Crippen molar-refractivity contribution in [3.8, 4) is 0 Å². The first-order valence-corrected chi connectivity index (χ1v) is 8.63. The molecule has 0 radical (unpaired) electrons. The lowest BCUT2D eigenvalue weighted by Crippen LogP contribution is -2.26. The molecule has 0 saturated heterocycles. The highest BCUT2D eigenvalue weighted by molar-refractivity contribution is 6.30. The number of nitrogens with zero attached hydrogens (tertiary/aromatic N) is 3. The van der Waals surface area contributed by atoms with Crippen LogP contribution in [-0.4, -0.2) is 29.2 Å². The number of halogens is 1. The molecule has 2 rings (SSSR count). The van der Waals surface area contributed by atoms with E-state index < -0.39 is 0 Å². The smallest absolute Gasteiger partial charge is 0.229 e. The van der Waals surface area contributed by atoms with Crippen molar-refractivity contribution in [3.05, 3.63) is 47.0 Å². The van der Waals surface area contributed by atoms with E-state index in [9.17, 15) is 4.79 Å². The Kier molecular flexibility index (Phi) is 7.00. The van der Waals surface area contributed by atoms with Crippen LogP contribution in [0.25, 0.3) is 0 Å². The maximum absolute atomic E-state index is 12.1. The van der Waals surface area contributed by atoms with Gasteiger partial charge in [0.2, 0.25) is 5.91 Å². The second kappa shape index (κ2) is 9.23. The van der Waals surface area contributed by atoms with Gasteiger partial charge in [0.25, 0.3) is 0 Å². The molecule has 0 aliphatic carbocycles. The predicted octanol–water partition coefficient (Wildman–Crippen LogP) is 3.94. The summed E-state index contributed by atoms with van der Waals surface area (Å²) in [7, 11) is 0. The van der Waals surface area contributed by atoms with Gasteiger partial charge in [-0.1, -0.05) is 37.6 Å². The Bertz CT molecular complexity index is 637. The number of hydrogen-bond acceptors (Lipinski definition) is 4. The lowest BCUT2D eigenvalue weighted by atomic mass is 10.1. The highest BCUT2D eigenvalue weighted by atomic mass is 35.5. The number of hydrogen-bond donors (Lipinski definition) is 1. The number of rotatable bonds is 8. The van der Waals surface area contributed by atoms with E-state index in [1.165, 1.54) is 0 Å². The Morgan fingerprint density at radius 2 is 1.71 bits per heavy atom. The van der Waals surface area contributed by atoms with E-state index >= 15 is 0 Å². The van der Waals surface area contributed by atoms with Gasteiger partial charge in [0.1, 0.15) is 0 Å². The number of benzene rings is 1. The van der Waals surface area contributed by atoms with Crippen molar-refractivity contribution in [2.45, 2.75) is 33.1 Å². The van der Waals surface area contributed by atoms with Gasteiger partial charge >= 0.3 is 0 Å². The first-order chi connectivity index (χ1) is 11.6. The van der Waals surface area contributed by atoms with Gasteiger partial charge in [-0.05, 0) is 42.7 Å². The number of aromatic nitrogens is 2.